The molecule has 0 unspecified atom stereocenters. The summed E-state index contributed by atoms with van der Waals surface area (Å²) in [4.78, 5) is 18.2. The van der Waals surface area contributed by atoms with Gasteiger partial charge in [0, 0.05) is 15.5 Å². The minimum absolute atomic E-state index is 0.0101. The molecule has 0 spiro atoms. The van der Waals surface area contributed by atoms with Gasteiger partial charge >= 0.3 is 0 Å². The lowest BCUT2D eigenvalue weighted by atomic mass is 9.95. The van der Waals surface area contributed by atoms with Crippen LogP contribution in [0, 0.1) is 0 Å². The summed E-state index contributed by atoms with van der Waals surface area (Å²) in [5, 5.41) is 7.26. The number of ether oxygens (including phenoxy) is 1. The maximum absolute atomic E-state index is 13.5. The molecule has 0 aliphatic rings. The first-order valence-corrected chi connectivity index (χ1v) is 11.4. The van der Waals surface area contributed by atoms with Crippen LogP contribution >= 0.6 is 15.9 Å². The highest BCUT2D eigenvalue weighted by molar-refractivity contribution is 9.10. The standard InChI is InChI=1S/C26H26BrN3O2/c1-16(2)32-23-13-10-17-8-6-7-9-19(17)21(23)15-28-30-24(31)20-14-18(27)11-12-22(20)29-25(30)26(3,4)5/h6-16H,1-5H3. The van der Waals surface area contributed by atoms with Crippen LogP contribution in [0.4, 0.5) is 0 Å². The molecule has 1 heterocycles. The molecule has 0 saturated carbocycles. The third-order valence-electron chi connectivity index (χ3n) is 5.07. The van der Waals surface area contributed by atoms with Gasteiger partial charge in [-0.2, -0.15) is 9.78 Å². The second kappa shape index (κ2) is 8.51. The van der Waals surface area contributed by atoms with Crippen molar-refractivity contribution in [2.45, 2.75) is 46.1 Å². The molecule has 0 amide bonds. The third kappa shape index (κ3) is 4.32. The van der Waals surface area contributed by atoms with E-state index < -0.39 is 0 Å². The fraction of sp³-hybridized carbons (Fsp3) is 0.269. The summed E-state index contributed by atoms with van der Waals surface area (Å²) >= 11 is 3.45. The van der Waals surface area contributed by atoms with Crippen LogP contribution in [0.3, 0.4) is 0 Å². The summed E-state index contributed by atoms with van der Waals surface area (Å²) < 4.78 is 8.29. The molecule has 0 atom stereocenters. The molecule has 0 fully saturated rings. The van der Waals surface area contributed by atoms with Crippen molar-refractivity contribution in [2.75, 3.05) is 0 Å². The smallest absolute Gasteiger partial charge is 0.282 e. The number of rotatable bonds is 4. The maximum atomic E-state index is 13.5. The Balaban J connectivity index is 1.97. The van der Waals surface area contributed by atoms with Crippen molar-refractivity contribution < 1.29 is 4.74 Å². The first kappa shape index (κ1) is 22.2. The van der Waals surface area contributed by atoms with E-state index in [2.05, 4.69) is 21.0 Å². The molecule has 0 N–H and O–H groups in total. The molecule has 32 heavy (non-hydrogen) atoms. The summed E-state index contributed by atoms with van der Waals surface area (Å²) in [6.07, 6.45) is 1.72. The van der Waals surface area contributed by atoms with Crippen molar-refractivity contribution in [3.8, 4) is 5.75 Å². The lowest BCUT2D eigenvalue weighted by Gasteiger charge is -2.21. The van der Waals surface area contributed by atoms with Crippen molar-refractivity contribution >= 4 is 43.8 Å². The summed E-state index contributed by atoms with van der Waals surface area (Å²) in [5.74, 6) is 1.32. The molecule has 0 bridgehead atoms. The molecule has 0 radical (unpaired) electrons. The summed E-state index contributed by atoms with van der Waals surface area (Å²) in [7, 11) is 0. The van der Waals surface area contributed by atoms with E-state index in [4.69, 9.17) is 9.72 Å². The van der Waals surface area contributed by atoms with Crippen molar-refractivity contribution in [1.29, 1.82) is 0 Å². The second-order valence-electron chi connectivity index (χ2n) is 9.07. The van der Waals surface area contributed by atoms with E-state index in [9.17, 15) is 4.79 Å². The zero-order chi connectivity index (χ0) is 23.0. The van der Waals surface area contributed by atoms with E-state index in [1.807, 2.05) is 83.1 Å². The van der Waals surface area contributed by atoms with Crippen LogP contribution in [0.2, 0.25) is 0 Å². The van der Waals surface area contributed by atoms with Gasteiger partial charge < -0.3 is 4.74 Å². The highest BCUT2D eigenvalue weighted by Crippen LogP contribution is 2.28. The van der Waals surface area contributed by atoms with E-state index in [-0.39, 0.29) is 17.1 Å². The Morgan fingerprint density at radius 3 is 2.53 bits per heavy atom. The van der Waals surface area contributed by atoms with Crippen LogP contribution < -0.4 is 10.3 Å². The molecule has 164 valence electrons. The van der Waals surface area contributed by atoms with E-state index >= 15 is 0 Å². The first-order chi connectivity index (χ1) is 15.1. The molecule has 0 aliphatic heterocycles. The van der Waals surface area contributed by atoms with Crippen LogP contribution in [0.15, 0.2) is 69.0 Å². The van der Waals surface area contributed by atoms with Crippen molar-refractivity contribution in [3.05, 3.63) is 80.8 Å². The van der Waals surface area contributed by atoms with Crippen LogP contribution in [0.1, 0.15) is 46.0 Å². The van der Waals surface area contributed by atoms with Crippen molar-refractivity contribution in [3.63, 3.8) is 0 Å². The highest BCUT2D eigenvalue weighted by atomic mass is 79.9. The minimum Gasteiger partial charge on any atom is -0.490 e. The Labute approximate surface area is 195 Å². The van der Waals surface area contributed by atoms with E-state index in [0.717, 1.165) is 26.6 Å². The molecule has 4 rings (SSSR count). The van der Waals surface area contributed by atoms with Crippen molar-refractivity contribution in [2.24, 2.45) is 5.10 Å². The van der Waals surface area contributed by atoms with Crippen LogP contribution in [-0.2, 0) is 5.41 Å². The molecule has 1 aromatic heterocycles. The van der Waals surface area contributed by atoms with Gasteiger partial charge in [-0.1, -0.05) is 67.0 Å². The Bertz CT molecular complexity index is 1400. The topological polar surface area (TPSA) is 56.5 Å². The fourth-order valence-corrected chi connectivity index (χ4v) is 3.98. The number of fused-ring (bicyclic) bond motifs is 2. The van der Waals surface area contributed by atoms with E-state index in [1.165, 1.54) is 4.68 Å². The average molecular weight is 492 g/mol. The van der Waals surface area contributed by atoms with Gasteiger partial charge in [-0.3, -0.25) is 4.79 Å². The molecular weight excluding hydrogens is 466 g/mol. The number of hydrogen-bond donors (Lipinski definition) is 0. The highest BCUT2D eigenvalue weighted by Gasteiger charge is 2.23. The molecule has 4 aromatic rings. The van der Waals surface area contributed by atoms with Gasteiger partial charge in [0.05, 0.1) is 23.2 Å². The molecule has 5 nitrogen and oxygen atoms in total. The quantitative estimate of drug-likeness (QED) is 0.315. The number of halogens is 1. The average Bonchev–Trinajstić information content (AvgIpc) is 2.73. The molecule has 3 aromatic carbocycles. The monoisotopic (exact) mass is 491 g/mol. The zero-order valence-corrected chi connectivity index (χ0v) is 20.5. The van der Waals surface area contributed by atoms with Gasteiger partial charge in [0.15, 0.2) is 0 Å². The maximum Gasteiger partial charge on any atom is 0.282 e. The molecule has 0 aliphatic carbocycles. The van der Waals surface area contributed by atoms with Crippen LogP contribution in [-0.4, -0.2) is 22.0 Å². The summed E-state index contributed by atoms with van der Waals surface area (Å²) in [6, 6.07) is 17.6. The predicted molar refractivity (Wildman–Crippen MR) is 135 cm³/mol. The lowest BCUT2D eigenvalue weighted by Crippen LogP contribution is -2.29. The predicted octanol–water partition coefficient (Wildman–Crippen LogP) is 6.28. The summed E-state index contributed by atoms with van der Waals surface area (Å²) in [5.41, 5.74) is 0.902. The minimum atomic E-state index is -0.381. The van der Waals surface area contributed by atoms with E-state index in [0.29, 0.717) is 16.7 Å². The molecule has 0 saturated heterocycles. The van der Waals surface area contributed by atoms with Gasteiger partial charge in [0.1, 0.15) is 11.6 Å². The van der Waals surface area contributed by atoms with Crippen molar-refractivity contribution in [1.82, 2.24) is 9.66 Å². The molecule has 6 heteroatoms. The van der Waals surface area contributed by atoms with Gasteiger partial charge in [0.2, 0.25) is 0 Å². The Kier molecular flexibility index (Phi) is 5.91. The van der Waals surface area contributed by atoms with E-state index in [1.54, 1.807) is 12.3 Å². The molecular formula is C26H26BrN3O2. The zero-order valence-electron chi connectivity index (χ0n) is 18.9. The second-order valence-corrected chi connectivity index (χ2v) is 9.99. The lowest BCUT2D eigenvalue weighted by molar-refractivity contribution is 0.242. The summed E-state index contributed by atoms with van der Waals surface area (Å²) in [6.45, 7) is 10.1. The normalized spacial score (nSPS) is 12.3. The number of hydrogen-bond acceptors (Lipinski definition) is 4. The van der Waals surface area contributed by atoms with Gasteiger partial charge in [-0.25, -0.2) is 4.98 Å². The number of benzene rings is 3. The van der Waals surface area contributed by atoms with Gasteiger partial charge in [-0.15, -0.1) is 0 Å². The largest absolute Gasteiger partial charge is 0.490 e. The third-order valence-corrected chi connectivity index (χ3v) is 5.57. The SMILES string of the molecule is CC(C)Oc1ccc2ccccc2c1C=Nn1c(C(C)(C)C)nc2ccc(Br)cc2c1=O. The van der Waals surface area contributed by atoms with Crippen LogP contribution in [0.5, 0.6) is 5.75 Å². The number of nitrogens with zero attached hydrogens (tertiary/aromatic N) is 3. The fourth-order valence-electron chi connectivity index (χ4n) is 3.62. The Morgan fingerprint density at radius 1 is 1.06 bits per heavy atom. The van der Waals surface area contributed by atoms with Gasteiger partial charge in [0.25, 0.3) is 5.56 Å². The Morgan fingerprint density at radius 2 is 1.81 bits per heavy atom. The first-order valence-electron chi connectivity index (χ1n) is 10.6. The van der Waals surface area contributed by atoms with Gasteiger partial charge in [-0.05, 0) is 48.9 Å². The van der Waals surface area contributed by atoms with Crippen LogP contribution in [0.25, 0.3) is 21.7 Å². The Hall–Kier alpha value is -2.99. The number of aromatic nitrogens is 2.